The van der Waals surface area contributed by atoms with Crippen LogP contribution in [0.15, 0.2) is 23.4 Å². The van der Waals surface area contributed by atoms with Crippen LogP contribution in [-0.2, 0) is 11.8 Å². The van der Waals surface area contributed by atoms with Crippen LogP contribution in [0.4, 0.5) is 0 Å². The molecule has 1 aromatic heterocycles. The highest BCUT2D eigenvalue weighted by Crippen LogP contribution is 2.23. The number of fused-ring (bicyclic) bond motifs is 1. The first-order valence-corrected chi connectivity index (χ1v) is 6.34. The van der Waals surface area contributed by atoms with Crippen LogP contribution in [0.3, 0.4) is 0 Å². The third-order valence-corrected chi connectivity index (χ3v) is 3.57. The molecule has 1 aromatic carbocycles. The van der Waals surface area contributed by atoms with Gasteiger partial charge in [-0.2, -0.15) is 0 Å². The number of aromatic nitrogens is 2. The second-order valence-electron chi connectivity index (χ2n) is 3.94. The standard InChI is InChI=1S/C12H14N2O2S/c1-8-3-4-10-9(7-8)13-12(14(10)2)17-6-5-11(15)16/h3-4,7H,5-6H2,1-2H3,(H,15,16). The zero-order valence-electron chi connectivity index (χ0n) is 9.80. The second-order valence-corrected chi connectivity index (χ2v) is 5.00. The summed E-state index contributed by atoms with van der Waals surface area (Å²) in [5, 5.41) is 9.46. The van der Waals surface area contributed by atoms with Gasteiger partial charge in [-0.25, -0.2) is 4.98 Å². The van der Waals surface area contributed by atoms with Crippen molar-refractivity contribution < 1.29 is 9.90 Å². The molecule has 0 aliphatic heterocycles. The normalized spacial score (nSPS) is 10.9. The van der Waals surface area contributed by atoms with Crippen molar-refractivity contribution in [2.75, 3.05) is 5.75 Å². The summed E-state index contributed by atoms with van der Waals surface area (Å²) in [6.07, 6.45) is 0.160. The topological polar surface area (TPSA) is 55.1 Å². The van der Waals surface area contributed by atoms with Crippen molar-refractivity contribution in [1.29, 1.82) is 0 Å². The summed E-state index contributed by atoms with van der Waals surface area (Å²) in [5.41, 5.74) is 3.22. The summed E-state index contributed by atoms with van der Waals surface area (Å²) in [7, 11) is 1.95. The minimum Gasteiger partial charge on any atom is -0.481 e. The number of aliphatic carboxylic acids is 1. The van der Waals surface area contributed by atoms with Crippen LogP contribution >= 0.6 is 11.8 Å². The maximum absolute atomic E-state index is 10.5. The second kappa shape index (κ2) is 4.79. The Kier molecular flexibility index (Phi) is 3.38. The molecule has 0 fully saturated rings. The van der Waals surface area contributed by atoms with Gasteiger partial charge in [0.25, 0.3) is 0 Å². The van der Waals surface area contributed by atoms with Gasteiger partial charge in [0.15, 0.2) is 5.16 Å². The van der Waals surface area contributed by atoms with Crippen molar-refractivity contribution in [3.05, 3.63) is 23.8 Å². The Bertz CT molecular complexity index is 563. The molecule has 4 nitrogen and oxygen atoms in total. The van der Waals surface area contributed by atoms with Gasteiger partial charge in [0, 0.05) is 12.8 Å². The van der Waals surface area contributed by atoms with Crippen molar-refractivity contribution in [3.8, 4) is 0 Å². The number of carboxylic acid groups (broad SMARTS) is 1. The highest BCUT2D eigenvalue weighted by Gasteiger charge is 2.08. The van der Waals surface area contributed by atoms with E-state index in [0.717, 1.165) is 16.2 Å². The van der Waals surface area contributed by atoms with Gasteiger partial charge in [0.1, 0.15) is 0 Å². The average molecular weight is 250 g/mol. The van der Waals surface area contributed by atoms with Gasteiger partial charge in [0.2, 0.25) is 0 Å². The SMILES string of the molecule is Cc1ccc2c(c1)nc(SCCC(=O)O)n2C. The third-order valence-electron chi connectivity index (χ3n) is 2.54. The molecule has 0 unspecified atom stereocenters. The van der Waals surface area contributed by atoms with Crippen LogP contribution in [0.5, 0.6) is 0 Å². The molecule has 0 atom stereocenters. The van der Waals surface area contributed by atoms with Crippen LogP contribution in [0.25, 0.3) is 11.0 Å². The molecule has 0 aliphatic carbocycles. The maximum atomic E-state index is 10.5. The molecular weight excluding hydrogens is 236 g/mol. The molecule has 0 saturated heterocycles. The van der Waals surface area contributed by atoms with E-state index in [1.54, 1.807) is 0 Å². The number of aryl methyl sites for hydroxylation is 2. The number of imidazole rings is 1. The molecule has 1 heterocycles. The molecule has 2 aromatic rings. The van der Waals surface area contributed by atoms with E-state index in [1.807, 2.05) is 30.7 Å². The lowest BCUT2D eigenvalue weighted by atomic mass is 10.2. The molecule has 0 aliphatic rings. The van der Waals surface area contributed by atoms with Gasteiger partial charge in [-0.1, -0.05) is 17.8 Å². The van der Waals surface area contributed by atoms with Gasteiger partial charge >= 0.3 is 5.97 Å². The van der Waals surface area contributed by atoms with Crippen LogP contribution in [-0.4, -0.2) is 26.4 Å². The molecule has 2 rings (SSSR count). The Morgan fingerprint density at radius 1 is 1.53 bits per heavy atom. The van der Waals surface area contributed by atoms with Crippen molar-refractivity contribution in [2.45, 2.75) is 18.5 Å². The number of hydrogen-bond acceptors (Lipinski definition) is 3. The van der Waals surface area contributed by atoms with Crippen LogP contribution in [0.1, 0.15) is 12.0 Å². The lowest BCUT2D eigenvalue weighted by Crippen LogP contribution is -1.97. The quantitative estimate of drug-likeness (QED) is 0.847. The Morgan fingerprint density at radius 2 is 2.29 bits per heavy atom. The summed E-state index contributed by atoms with van der Waals surface area (Å²) >= 11 is 1.48. The summed E-state index contributed by atoms with van der Waals surface area (Å²) < 4.78 is 2.00. The third kappa shape index (κ3) is 2.61. The minimum atomic E-state index is -0.771. The number of nitrogens with zero attached hydrogens (tertiary/aromatic N) is 2. The van der Waals surface area contributed by atoms with Crippen molar-refractivity contribution in [1.82, 2.24) is 9.55 Å². The van der Waals surface area contributed by atoms with E-state index < -0.39 is 5.97 Å². The lowest BCUT2D eigenvalue weighted by Gasteiger charge is -2.00. The Morgan fingerprint density at radius 3 is 3.00 bits per heavy atom. The van der Waals surface area contributed by atoms with Gasteiger partial charge in [-0.15, -0.1) is 0 Å². The molecule has 0 spiro atoms. The van der Waals surface area contributed by atoms with Crippen molar-refractivity contribution >= 4 is 28.8 Å². The van der Waals surface area contributed by atoms with Crippen LogP contribution in [0, 0.1) is 6.92 Å². The van der Waals surface area contributed by atoms with Crippen molar-refractivity contribution in [3.63, 3.8) is 0 Å². The molecule has 0 saturated carbocycles. The molecule has 0 radical (unpaired) electrons. The highest BCUT2D eigenvalue weighted by molar-refractivity contribution is 7.99. The summed E-state index contributed by atoms with van der Waals surface area (Å²) in [5.74, 6) is -0.224. The molecule has 0 bridgehead atoms. The number of benzene rings is 1. The van der Waals surface area contributed by atoms with E-state index in [1.165, 1.54) is 17.3 Å². The smallest absolute Gasteiger partial charge is 0.304 e. The van der Waals surface area contributed by atoms with Crippen LogP contribution < -0.4 is 0 Å². The lowest BCUT2D eigenvalue weighted by molar-refractivity contribution is -0.136. The summed E-state index contributed by atoms with van der Waals surface area (Å²) in [4.78, 5) is 15.0. The Hall–Kier alpha value is -1.49. The zero-order valence-corrected chi connectivity index (χ0v) is 10.6. The van der Waals surface area contributed by atoms with E-state index in [2.05, 4.69) is 11.1 Å². The predicted molar refractivity (Wildman–Crippen MR) is 68.4 cm³/mol. The van der Waals surface area contributed by atoms with Crippen LogP contribution in [0.2, 0.25) is 0 Å². The van der Waals surface area contributed by atoms with E-state index in [0.29, 0.717) is 5.75 Å². The highest BCUT2D eigenvalue weighted by atomic mass is 32.2. The number of rotatable bonds is 4. The molecule has 17 heavy (non-hydrogen) atoms. The molecule has 5 heteroatoms. The number of thioether (sulfide) groups is 1. The summed E-state index contributed by atoms with van der Waals surface area (Å²) in [6.45, 7) is 2.03. The first kappa shape index (κ1) is 12.0. The van der Waals surface area contributed by atoms with Gasteiger partial charge < -0.3 is 9.67 Å². The Balaban J connectivity index is 2.23. The monoisotopic (exact) mass is 250 g/mol. The largest absolute Gasteiger partial charge is 0.481 e. The van der Waals surface area contributed by atoms with E-state index in [9.17, 15) is 4.79 Å². The molecule has 1 N–H and O–H groups in total. The van der Waals surface area contributed by atoms with Gasteiger partial charge in [0.05, 0.1) is 17.5 Å². The fourth-order valence-corrected chi connectivity index (χ4v) is 2.56. The number of hydrogen-bond donors (Lipinski definition) is 1. The number of carbonyl (C=O) groups is 1. The van der Waals surface area contributed by atoms with E-state index >= 15 is 0 Å². The van der Waals surface area contributed by atoms with Gasteiger partial charge in [-0.05, 0) is 24.6 Å². The fourth-order valence-electron chi connectivity index (χ4n) is 1.65. The molecule has 0 amide bonds. The van der Waals surface area contributed by atoms with Crippen molar-refractivity contribution in [2.24, 2.45) is 7.05 Å². The molecular formula is C12H14N2O2S. The Labute approximate surface area is 104 Å². The van der Waals surface area contributed by atoms with E-state index in [-0.39, 0.29) is 6.42 Å². The maximum Gasteiger partial charge on any atom is 0.304 e. The zero-order chi connectivity index (χ0) is 12.4. The first-order chi connectivity index (χ1) is 8.08. The fraction of sp³-hybridized carbons (Fsp3) is 0.333. The van der Waals surface area contributed by atoms with Gasteiger partial charge in [-0.3, -0.25) is 4.79 Å². The minimum absolute atomic E-state index is 0.160. The predicted octanol–water partition coefficient (Wildman–Crippen LogP) is 2.45. The van der Waals surface area contributed by atoms with E-state index in [4.69, 9.17) is 5.11 Å². The number of carboxylic acids is 1. The molecule has 90 valence electrons. The first-order valence-electron chi connectivity index (χ1n) is 5.35. The summed E-state index contributed by atoms with van der Waals surface area (Å²) in [6, 6.07) is 6.13. The average Bonchev–Trinajstić information content (AvgIpc) is 2.55.